The predicted molar refractivity (Wildman–Crippen MR) is 57.7 cm³/mol. The summed E-state index contributed by atoms with van der Waals surface area (Å²) >= 11 is 6.25. The first-order chi connectivity index (χ1) is 5.33. The summed E-state index contributed by atoms with van der Waals surface area (Å²) in [6.07, 6.45) is 5.71. The van der Waals surface area contributed by atoms with Crippen molar-refractivity contribution in [3.8, 4) is 0 Å². The van der Waals surface area contributed by atoms with Crippen LogP contribution >= 0.6 is 24.4 Å². The summed E-state index contributed by atoms with van der Waals surface area (Å²) in [7, 11) is 0. The maximum absolute atomic E-state index is 4.18. The summed E-state index contributed by atoms with van der Waals surface area (Å²) < 4.78 is 0. The zero-order valence-electron chi connectivity index (χ0n) is 6.88. The number of thioether (sulfide) groups is 1. The number of rotatable bonds is 4. The van der Waals surface area contributed by atoms with Gasteiger partial charge >= 0.3 is 0 Å². The standard InChI is InChI=1S/C9H16S2/c1-8(6-10)7-11-9-4-2-3-5-9/h9-10H,1-7H2. The molecule has 0 radical (unpaired) electrons. The molecule has 0 nitrogen and oxygen atoms in total. The molecule has 1 aliphatic carbocycles. The summed E-state index contributed by atoms with van der Waals surface area (Å²) in [5, 5.41) is 0.923. The fourth-order valence-electron chi connectivity index (χ4n) is 1.34. The van der Waals surface area contributed by atoms with Crippen molar-refractivity contribution in [1.82, 2.24) is 0 Å². The summed E-state index contributed by atoms with van der Waals surface area (Å²) in [6, 6.07) is 0. The fourth-order valence-corrected chi connectivity index (χ4v) is 2.84. The summed E-state index contributed by atoms with van der Waals surface area (Å²) in [5.41, 5.74) is 1.27. The molecular weight excluding hydrogens is 172 g/mol. The zero-order chi connectivity index (χ0) is 8.10. The van der Waals surface area contributed by atoms with E-state index in [2.05, 4.69) is 31.0 Å². The van der Waals surface area contributed by atoms with Gasteiger partial charge in [0.1, 0.15) is 0 Å². The van der Waals surface area contributed by atoms with Crippen LogP contribution in [0.1, 0.15) is 25.7 Å². The third kappa shape index (κ3) is 3.57. The van der Waals surface area contributed by atoms with Gasteiger partial charge in [-0.25, -0.2) is 0 Å². The molecule has 0 saturated heterocycles. The number of hydrogen-bond acceptors (Lipinski definition) is 2. The van der Waals surface area contributed by atoms with Gasteiger partial charge in [-0.05, 0) is 12.8 Å². The van der Waals surface area contributed by atoms with Gasteiger partial charge in [-0.15, -0.1) is 0 Å². The molecule has 2 heteroatoms. The molecule has 0 amide bonds. The van der Waals surface area contributed by atoms with Crippen molar-refractivity contribution in [2.24, 2.45) is 0 Å². The van der Waals surface area contributed by atoms with E-state index in [-0.39, 0.29) is 0 Å². The van der Waals surface area contributed by atoms with Crippen LogP contribution in [0.3, 0.4) is 0 Å². The molecule has 0 bridgehead atoms. The highest BCUT2D eigenvalue weighted by atomic mass is 32.2. The SMILES string of the molecule is C=C(CS)CSC1CCCC1. The van der Waals surface area contributed by atoms with Crippen LogP contribution in [0.4, 0.5) is 0 Å². The largest absolute Gasteiger partial charge is 0.175 e. The molecule has 0 atom stereocenters. The average molecular weight is 188 g/mol. The van der Waals surface area contributed by atoms with Crippen LogP contribution < -0.4 is 0 Å². The van der Waals surface area contributed by atoms with Gasteiger partial charge < -0.3 is 0 Å². The molecule has 1 saturated carbocycles. The van der Waals surface area contributed by atoms with E-state index in [1.165, 1.54) is 31.3 Å². The minimum Gasteiger partial charge on any atom is -0.175 e. The third-order valence-electron chi connectivity index (χ3n) is 2.05. The molecule has 0 N–H and O–H groups in total. The highest BCUT2D eigenvalue weighted by molar-refractivity contribution is 8.00. The van der Waals surface area contributed by atoms with E-state index < -0.39 is 0 Å². The van der Waals surface area contributed by atoms with Gasteiger partial charge in [0.15, 0.2) is 0 Å². The summed E-state index contributed by atoms with van der Waals surface area (Å²) in [6.45, 7) is 3.94. The van der Waals surface area contributed by atoms with E-state index in [0.717, 1.165) is 16.8 Å². The zero-order valence-corrected chi connectivity index (χ0v) is 8.59. The maximum Gasteiger partial charge on any atom is 0.0151 e. The van der Waals surface area contributed by atoms with Crippen molar-refractivity contribution >= 4 is 24.4 Å². The summed E-state index contributed by atoms with van der Waals surface area (Å²) in [5.74, 6) is 1.97. The lowest BCUT2D eigenvalue weighted by atomic mass is 10.4. The van der Waals surface area contributed by atoms with Gasteiger partial charge in [-0.3, -0.25) is 0 Å². The van der Waals surface area contributed by atoms with Crippen LogP contribution in [0.15, 0.2) is 12.2 Å². The molecule has 0 aromatic rings. The molecule has 0 aliphatic heterocycles. The Hall–Kier alpha value is 0.440. The van der Waals surface area contributed by atoms with E-state index >= 15 is 0 Å². The Morgan fingerprint density at radius 1 is 1.45 bits per heavy atom. The van der Waals surface area contributed by atoms with Crippen LogP contribution in [0, 0.1) is 0 Å². The third-order valence-corrected chi connectivity index (χ3v) is 4.01. The minimum atomic E-state index is 0.847. The first-order valence-electron chi connectivity index (χ1n) is 4.22. The summed E-state index contributed by atoms with van der Waals surface area (Å²) in [4.78, 5) is 0. The highest BCUT2D eigenvalue weighted by Crippen LogP contribution is 2.30. The van der Waals surface area contributed by atoms with Crippen LogP contribution in [0.25, 0.3) is 0 Å². The van der Waals surface area contributed by atoms with Gasteiger partial charge in [0.25, 0.3) is 0 Å². The van der Waals surface area contributed by atoms with Crippen molar-refractivity contribution in [3.05, 3.63) is 12.2 Å². The van der Waals surface area contributed by atoms with E-state index in [4.69, 9.17) is 0 Å². The smallest absolute Gasteiger partial charge is 0.0151 e. The molecule has 1 aliphatic rings. The van der Waals surface area contributed by atoms with Crippen LogP contribution in [0.2, 0.25) is 0 Å². The molecule has 64 valence electrons. The normalized spacial score (nSPS) is 19.0. The second-order valence-electron chi connectivity index (χ2n) is 3.13. The van der Waals surface area contributed by atoms with Gasteiger partial charge in [0, 0.05) is 16.8 Å². The lowest BCUT2D eigenvalue weighted by Gasteiger charge is -2.08. The second kappa shape index (κ2) is 5.15. The Balaban J connectivity index is 2.06. The van der Waals surface area contributed by atoms with Crippen molar-refractivity contribution in [3.63, 3.8) is 0 Å². The molecule has 0 unspecified atom stereocenters. The van der Waals surface area contributed by atoms with Crippen molar-refractivity contribution in [2.45, 2.75) is 30.9 Å². The fraction of sp³-hybridized carbons (Fsp3) is 0.778. The average Bonchev–Trinajstić information content (AvgIpc) is 2.52. The second-order valence-corrected chi connectivity index (χ2v) is 4.73. The minimum absolute atomic E-state index is 0.847. The lowest BCUT2D eigenvalue weighted by Crippen LogP contribution is -1.97. The lowest BCUT2D eigenvalue weighted by molar-refractivity contribution is 0.886. The Morgan fingerprint density at radius 2 is 2.09 bits per heavy atom. The van der Waals surface area contributed by atoms with E-state index in [1.54, 1.807) is 0 Å². The van der Waals surface area contributed by atoms with E-state index in [0.29, 0.717) is 0 Å². The van der Waals surface area contributed by atoms with Gasteiger partial charge in [0.2, 0.25) is 0 Å². The van der Waals surface area contributed by atoms with Crippen molar-refractivity contribution in [2.75, 3.05) is 11.5 Å². The molecule has 1 fully saturated rings. The first-order valence-corrected chi connectivity index (χ1v) is 5.90. The molecule has 11 heavy (non-hydrogen) atoms. The van der Waals surface area contributed by atoms with Crippen LogP contribution in [-0.2, 0) is 0 Å². The molecular formula is C9H16S2. The number of hydrogen-bond donors (Lipinski definition) is 1. The van der Waals surface area contributed by atoms with Crippen molar-refractivity contribution < 1.29 is 0 Å². The Kier molecular flexibility index (Phi) is 4.46. The highest BCUT2D eigenvalue weighted by Gasteiger charge is 2.14. The monoisotopic (exact) mass is 188 g/mol. The van der Waals surface area contributed by atoms with E-state index in [1.807, 2.05) is 0 Å². The van der Waals surface area contributed by atoms with Crippen LogP contribution in [-0.4, -0.2) is 16.8 Å². The van der Waals surface area contributed by atoms with Gasteiger partial charge in [-0.2, -0.15) is 24.4 Å². The van der Waals surface area contributed by atoms with Gasteiger partial charge in [-0.1, -0.05) is 25.0 Å². The maximum atomic E-state index is 4.18. The van der Waals surface area contributed by atoms with Gasteiger partial charge in [0.05, 0.1) is 0 Å². The number of thiol groups is 1. The molecule has 0 aromatic carbocycles. The van der Waals surface area contributed by atoms with Crippen LogP contribution in [0.5, 0.6) is 0 Å². The Labute approximate surface area is 79.2 Å². The predicted octanol–water partition coefficient (Wildman–Crippen LogP) is 3.15. The first kappa shape index (κ1) is 9.53. The molecule has 0 aromatic heterocycles. The topological polar surface area (TPSA) is 0 Å². The Bertz CT molecular complexity index is 126. The molecule has 0 heterocycles. The Morgan fingerprint density at radius 3 is 2.64 bits per heavy atom. The quantitative estimate of drug-likeness (QED) is 0.522. The van der Waals surface area contributed by atoms with Crippen molar-refractivity contribution in [1.29, 1.82) is 0 Å². The van der Waals surface area contributed by atoms with E-state index in [9.17, 15) is 0 Å². The molecule has 1 rings (SSSR count). The molecule has 0 spiro atoms.